The van der Waals surface area contributed by atoms with E-state index in [4.69, 9.17) is 37.2 Å². The number of hydrogen-bond acceptors (Lipinski definition) is 8. The third kappa shape index (κ3) is 4.75. The van der Waals surface area contributed by atoms with Gasteiger partial charge in [0.15, 0.2) is 0 Å². The largest absolute Gasteiger partial charge is 0.471 e. The molecule has 0 bridgehead atoms. The Morgan fingerprint density at radius 2 is 1.82 bits per heavy atom. The molecule has 0 saturated heterocycles. The van der Waals surface area contributed by atoms with Gasteiger partial charge in [-0.3, -0.25) is 9.78 Å². The number of carbonyl (C=O) groups excluding carboxylic acids is 1. The molecule has 194 valence electrons. The molecule has 0 radical (unpaired) electrons. The summed E-state index contributed by atoms with van der Waals surface area (Å²) >= 11 is 12.9. The molecular weight excluding hydrogens is 529 g/mol. The van der Waals surface area contributed by atoms with E-state index in [1.807, 2.05) is 18.2 Å². The van der Waals surface area contributed by atoms with E-state index in [1.165, 1.54) is 6.20 Å². The zero-order chi connectivity index (χ0) is 26.3. The van der Waals surface area contributed by atoms with E-state index in [0.717, 1.165) is 29.7 Å². The normalized spacial score (nSPS) is 20.6. The summed E-state index contributed by atoms with van der Waals surface area (Å²) in [5.74, 6) is 1.99. The Kier molecular flexibility index (Phi) is 6.55. The Hall–Kier alpha value is -3.46. The van der Waals surface area contributed by atoms with Gasteiger partial charge >= 0.3 is 0 Å². The lowest BCUT2D eigenvalue weighted by atomic mass is 9.66. The van der Waals surface area contributed by atoms with Crippen LogP contribution in [0.5, 0.6) is 11.6 Å². The zero-order valence-electron chi connectivity index (χ0n) is 20.1. The number of hydrogen-bond donors (Lipinski definition) is 1. The number of aliphatic hydroxyl groups is 1. The van der Waals surface area contributed by atoms with Crippen LogP contribution in [0.25, 0.3) is 11.3 Å². The highest BCUT2D eigenvalue weighted by atomic mass is 35.5. The third-order valence-corrected chi connectivity index (χ3v) is 7.75. The topological polar surface area (TPSA) is 108 Å². The van der Waals surface area contributed by atoms with E-state index < -0.39 is 5.60 Å². The molecule has 2 saturated carbocycles. The molecule has 2 aliphatic carbocycles. The number of rotatable bonds is 9. The SMILES string of the molecule is O=COc1cccc(C2CC(O)(c3cnc(OCc4c(-c5c(Cl)cccc5Cl)noc4C4CC4)cn3)C2)c1. The Bertz CT molecular complexity index is 1460. The van der Waals surface area contributed by atoms with Gasteiger partial charge in [-0.1, -0.05) is 46.6 Å². The number of ether oxygens (including phenoxy) is 2. The molecule has 4 aromatic rings. The van der Waals surface area contributed by atoms with E-state index in [2.05, 4.69) is 15.1 Å². The highest BCUT2D eigenvalue weighted by Gasteiger charge is 2.46. The minimum absolute atomic E-state index is 0.123. The van der Waals surface area contributed by atoms with Crippen LogP contribution >= 0.6 is 23.2 Å². The molecule has 38 heavy (non-hydrogen) atoms. The van der Waals surface area contributed by atoms with Crippen LogP contribution < -0.4 is 9.47 Å². The molecular formula is C28H23Cl2N3O5. The van der Waals surface area contributed by atoms with Crippen LogP contribution in [0.3, 0.4) is 0 Å². The molecule has 0 aliphatic heterocycles. The maximum absolute atomic E-state index is 11.1. The van der Waals surface area contributed by atoms with Crippen LogP contribution in [0.4, 0.5) is 0 Å². The fourth-order valence-electron chi connectivity index (χ4n) is 4.92. The highest BCUT2D eigenvalue weighted by Crippen LogP contribution is 2.50. The van der Waals surface area contributed by atoms with Gasteiger partial charge in [-0.15, -0.1) is 0 Å². The minimum Gasteiger partial charge on any atom is -0.471 e. The quantitative estimate of drug-likeness (QED) is 0.245. The van der Waals surface area contributed by atoms with Crippen molar-refractivity contribution in [2.24, 2.45) is 0 Å². The Morgan fingerprint density at radius 1 is 1.05 bits per heavy atom. The summed E-state index contributed by atoms with van der Waals surface area (Å²) in [5.41, 5.74) is 2.35. The summed E-state index contributed by atoms with van der Waals surface area (Å²) in [6.45, 7) is 0.559. The van der Waals surface area contributed by atoms with E-state index in [0.29, 0.717) is 63.9 Å². The number of carbonyl (C=O) groups is 1. The molecule has 2 aromatic carbocycles. The maximum atomic E-state index is 11.1. The molecule has 2 aliphatic rings. The Morgan fingerprint density at radius 3 is 2.50 bits per heavy atom. The molecule has 8 nitrogen and oxygen atoms in total. The summed E-state index contributed by atoms with van der Waals surface area (Å²) in [6, 6.07) is 12.6. The molecule has 0 amide bonds. The molecule has 0 atom stereocenters. The molecule has 2 heterocycles. The van der Waals surface area contributed by atoms with Crippen molar-refractivity contribution in [2.75, 3.05) is 0 Å². The fourth-order valence-corrected chi connectivity index (χ4v) is 5.50. The van der Waals surface area contributed by atoms with Crippen LogP contribution in [0.2, 0.25) is 10.0 Å². The molecule has 1 N–H and O–H groups in total. The summed E-state index contributed by atoms with van der Waals surface area (Å²) < 4.78 is 16.6. The summed E-state index contributed by atoms with van der Waals surface area (Å²) in [6.07, 6.45) is 6.07. The second kappa shape index (κ2) is 10.0. The van der Waals surface area contributed by atoms with Crippen LogP contribution in [0.1, 0.15) is 60.1 Å². The molecule has 2 aromatic heterocycles. The van der Waals surface area contributed by atoms with E-state index in [9.17, 15) is 9.90 Å². The molecule has 0 spiro atoms. The van der Waals surface area contributed by atoms with Gasteiger partial charge in [0.1, 0.15) is 29.4 Å². The minimum atomic E-state index is -1.08. The molecule has 0 unspecified atom stereocenters. The third-order valence-electron chi connectivity index (χ3n) is 7.12. The Labute approximate surface area is 228 Å². The van der Waals surface area contributed by atoms with E-state index >= 15 is 0 Å². The van der Waals surface area contributed by atoms with Gasteiger partial charge < -0.3 is 19.1 Å². The summed E-state index contributed by atoms with van der Waals surface area (Å²) in [4.78, 5) is 19.4. The van der Waals surface area contributed by atoms with Gasteiger partial charge in [-0.25, -0.2) is 4.98 Å². The number of aromatic nitrogens is 3. The van der Waals surface area contributed by atoms with E-state index in [-0.39, 0.29) is 12.5 Å². The van der Waals surface area contributed by atoms with Crippen molar-refractivity contribution in [2.45, 2.75) is 49.7 Å². The lowest BCUT2D eigenvalue weighted by Gasteiger charge is -2.43. The van der Waals surface area contributed by atoms with Crippen LogP contribution in [0, 0.1) is 0 Å². The maximum Gasteiger partial charge on any atom is 0.298 e. The van der Waals surface area contributed by atoms with Crippen molar-refractivity contribution in [1.82, 2.24) is 15.1 Å². The second-order valence-electron chi connectivity index (χ2n) is 9.70. The van der Waals surface area contributed by atoms with Gasteiger partial charge in [-0.05, 0) is 61.4 Å². The smallest absolute Gasteiger partial charge is 0.298 e. The summed E-state index contributed by atoms with van der Waals surface area (Å²) in [7, 11) is 0. The molecule has 6 rings (SSSR count). The lowest BCUT2D eigenvalue weighted by Crippen LogP contribution is -2.40. The first-order chi connectivity index (χ1) is 18.4. The number of nitrogens with zero attached hydrogens (tertiary/aromatic N) is 3. The first-order valence-corrected chi connectivity index (χ1v) is 13.0. The van der Waals surface area contributed by atoms with Crippen molar-refractivity contribution in [3.63, 3.8) is 0 Å². The van der Waals surface area contributed by atoms with Gasteiger partial charge in [0.2, 0.25) is 5.88 Å². The average molecular weight is 552 g/mol. The predicted molar refractivity (Wildman–Crippen MR) is 139 cm³/mol. The van der Waals surface area contributed by atoms with E-state index in [1.54, 1.807) is 30.5 Å². The van der Waals surface area contributed by atoms with Crippen LogP contribution in [-0.2, 0) is 17.0 Å². The van der Waals surface area contributed by atoms with Crippen molar-refractivity contribution < 1.29 is 23.9 Å². The predicted octanol–water partition coefficient (Wildman–Crippen LogP) is 6.20. The summed E-state index contributed by atoms with van der Waals surface area (Å²) in [5, 5.41) is 16.3. The van der Waals surface area contributed by atoms with Crippen molar-refractivity contribution in [1.29, 1.82) is 0 Å². The highest BCUT2D eigenvalue weighted by molar-refractivity contribution is 6.39. The van der Waals surface area contributed by atoms with Crippen LogP contribution in [0.15, 0.2) is 59.4 Å². The van der Waals surface area contributed by atoms with Gasteiger partial charge in [0.25, 0.3) is 6.47 Å². The van der Waals surface area contributed by atoms with Gasteiger partial charge in [-0.2, -0.15) is 0 Å². The standard InChI is InChI=1S/C28H23Cl2N3O5/c29-21-5-2-6-22(30)25(21)26-20(27(38-33-26)16-7-8-16)14-36-24-13-31-23(12-32-24)28(35)10-18(11-28)17-3-1-4-19(9-17)37-15-34/h1-6,9,12-13,15-16,18,35H,7-8,10-11,14H2. The fraction of sp³-hybridized carbons (Fsp3) is 0.286. The monoisotopic (exact) mass is 551 g/mol. The van der Waals surface area contributed by atoms with Crippen molar-refractivity contribution >= 4 is 29.7 Å². The second-order valence-corrected chi connectivity index (χ2v) is 10.5. The molecule has 2 fully saturated rings. The van der Waals surface area contributed by atoms with Crippen molar-refractivity contribution in [3.8, 4) is 22.9 Å². The Balaban J connectivity index is 1.15. The first kappa shape index (κ1) is 24.9. The van der Waals surface area contributed by atoms with Gasteiger partial charge in [0.05, 0.1) is 33.7 Å². The van der Waals surface area contributed by atoms with Crippen LogP contribution in [-0.4, -0.2) is 26.7 Å². The first-order valence-electron chi connectivity index (χ1n) is 12.3. The van der Waals surface area contributed by atoms with Crippen molar-refractivity contribution in [3.05, 3.63) is 87.5 Å². The zero-order valence-corrected chi connectivity index (χ0v) is 21.7. The number of benzene rings is 2. The lowest BCUT2D eigenvalue weighted by molar-refractivity contribution is -0.120. The average Bonchev–Trinajstić information content (AvgIpc) is 3.66. The number of halogens is 2. The molecule has 10 heteroatoms. The van der Waals surface area contributed by atoms with Gasteiger partial charge in [0, 0.05) is 11.5 Å².